The number of carbonyl (C=O) groups is 3. The Hall–Kier alpha value is -3.41. The number of fused-ring (bicyclic) bond motifs is 1. The number of aromatic nitrogens is 2. The number of carbonyl (C=O) groups excluding carboxylic acids is 1. The molecule has 2 aromatic rings. The molecular weight excluding hydrogens is 438 g/mol. The van der Waals surface area contributed by atoms with E-state index in [9.17, 15) is 24.3 Å². The molecule has 0 fully saturated rings. The van der Waals surface area contributed by atoms with Crippen molar-refractivity contribution in [2.24, 2.45) is 5.92 Å². The second kappa shape index (κ2) is 9.81. The number of nitrogens with two attached hydrogens (primary N) is 1. The molecule has 0 aromatic carbocycles. The number of rotatable bonds is 9. The molecule has 7 N–H and O–H groups in total. The molecule has 1 aliphatic rings. The van der Waals surface area contributed by atoms with Gasteiger partial charge in [0.25, 0.3) is 11.5 Å². The smallest absolute Gasteiger partial charge is 0.326 e. The lowest BCUT2D eigenvalue weighted by atomic mass is 9.92. The maximum absolute atomic E-state index is 12.5. The summed E-state index contributed by atoms with van der Waals surface area (Å²) in [5.74, 6) is -2.13. The number of aryl methyl sites for hydroxylation is 2. The first-order valence-corrected chi connectivity index (χ1v) is 10.9. The molecule has 1 amide bonds. The minimum Gasteiger partial charge on any atom is -0.481 e. The number of nitrogens with one attached hydrogen (secondary N) is 3. The molecule has 32 heavy (non-hydrogen) atoms. The van der Waals surface area contributed by atoms with Crippen molar-refractivity contribution < 1.29 is 24.6 Å². The molecule has 0 radical (unpaired) electrons. The van der Waals surface area contributed by atoms with E-state index in [0.717, 1.165) is 16.9 Å². The Morgan fingerprint density at radius 3 is 2.81 bits per heavy atom. The summed E-state index contributed by atoms with van der Waals surface area (Å²) < 4.78 is 0. The number of aromatic amines is 1. The van der Waals surface area contributed by atoms with E-state index in [-0.39, 0.29) is 30.3 Å². The fourth-order valence-electron chi connectivity index (χ4n) is 3.63. The van der Waals surface area contributed by atoms with Crippen molar-refractivity contribution in [3.63, 3.8) is 0 Å². The SMILES string of the molecule is Cc1cc(C(=O)N[C@@H](CCC(=O)O)C(=O)O)sc1CCC1CNc2nc(N)[nH]c(=O)c2C1. The third kappa shape index (κ3) is 5.63. The van der Waals surface area contributed by atoms with Crippen LogP contribution in [0.15, 0.2) is 10.9 Å². The van der Waals surface area contributed by atoms with E-state index in [4.69, 9.17) is 10.8 Å². The number of carboxylic acid groups (broad SMARTS) is 2. The molecule has 172 valence electrons. The summed E-state index contributed by atoms with van der Waals surface area (Å²) in [4.78, 5) is 54.6. The zero-order valence-electron chi connectivity index (χ0n) is 17.4. The number of H-pyrrole nitrogens is 1. The van der Waals surface area contributed by atoms with Gasteiger partial charge in [0.1, 0.15) is 11.9 Å². The highest BCUT2D eigenvalue weighted by molar-refractivity contribution is 7.14. The van der Waals surface area contributed by atoms with E-state index in [1.165, 1.54) is 11.3 Å². The maximum atomic E-state index is 12.5. The highest BCUT2D eigenvalue weighted by atomic mass is 32.1. The molecule has 1 unspecified atom stereocenters. The Morgan fingerprint density at radius 2 is 2.12 bits per heavy atom. The fourth-order valence-corrected chi connectivity index (χ4v) is 4.72. The minimum atomic E-state index is -1.27. The van der Waals surface area contributed by atoms with Gasteiger partial charge in [-0.05, 0) is 50.2 Å². The highest BCUT2D eigenvalue weighted by Crippen LogP contribution is 2.28. The van der Waals surface area contributed by atoms with Crippen molar-refractivity contribution in [3.05, 3.63) is 37.3 Å². The normalized spacial score (nSPS) is 16.0. The van der Waals surface area contributed by atoms with Crippen LogP contribution in [0.4, 0.5) is 11.8 Å². The summed E-state index contributed by atoms with van der Waals surface area (Å²) in [6.07, 6.45) is 1.52. The van der Waals surface area contributed by atoms with Gasteiger partial charge >= 0.3 is 11.9 Å². The van der Waals surface area contributed by atoms with E-state index in [1.54, 1.807) is 6.07 Å². The second-order valence-electron chi connectivity index (χ2n) is 7.78. The molecule has 12 heteroatoms. The third-order valence-electron chi connectivity index (χ3n) is 5.36. The zero-order chi connectivity index (χ0) is 23.4. The van der Waals surface area contributed by atoms with Gasteiger partial charge in [0.2, 0.25) is 5.95 Å². The van der Waals surface area contributed by atoms with E-state index >= 15 is 0 Å². The van der Waals surface area contributed by atoms with Crippen molar-refractivity contribution in [2.45, 2.75) is 45.1 Å². The average molecular weight is 464 g/mol. The number of aliphatic carboxylic acids is 2. The predicted octanol–water partition coefficient (Wildman–Crippen LogP) is 0.987. The second-order valence-corrected chi connectivity index (χ2v) is 8.92. The fraction of sp³-hybridized carbons (Fsp3) is 0.450. The van der Waals surface area contributed by atoms with Gasteiger partial charge in [0, 0.05) is 17.8 Å². The van der Waals surface area contributed by atoms with Crippen LogP contribution in [0.3, 0.4) is 0 Å². The monoisotopic (exact) mass is 463 g/mol. The molecule has 0 saturated heterocycles. The first kappa shape index (κ1) is 23.3. The van der Waals surface area contributed by atoms with Crippen molar-refractivity contribution in [1.29, 1.82) is 0 Å². The number of nitrogen functional groups attached to an aromatic ring is 1. The lowest BCUT2D eigenvalue weighted by Gasteiger charge is -2.24. The quantitative estimate of drug-likeness (QED) is 0.315. The number of carboxylic acids is 2. The summed E-state index contributed by atoms with van der Waals surface area (Å²) in [6.45, 7) is 2.54. The van der Waals surface area contributed by atoms with Crippen LogP contribution in [0.1, 0.15) is 44.9 Å². The number of hydrogen-bond acceptors (Lipinski definition) is 8. The van der Waals surface area contributed by atoms with Crippen LogP contribution in [0.2, 0.25) is 0 Å². The molecule has 3 heterocycles. The van der Waals surface area contributed by atoms with Crippen LogP contribution in [-0.2, 0) is 22.4 Å². The summed E-state index contributed by atoms with van der Waals surface area (Å²) >= 11 is 1.29. The zero-order valence-corrected chi connectivity index (χ0v) is 18.3. The van der Waals surface area contributed by atoms with E-state index in [2.05, 4.69) is 20.6 Å². The molecular formula is C20H25N5O6S. The maximum Gasteiger partial charge on any atom is 0.326 e. The van der Waals surface area contributed by atoms with Gasteiger partial charge in [-0.2, -0.15) is 4.98 Å². The topological polar surface area (TPSA) is 188 Å². The molecule has 11 nitrogen and oxygen atoms in total. The Kier molecular flexibility index (Phi) is 7.13. The number of anilines is 2. The van der Waals surface area contributed by atoms with Crippen molar-refractivity contribution in [2.75, 3.05) is 17.6 Å². The molecule has 0 aliphatic carbocycles. The van der Waals surface area contributed by atoms with Crippen LogP contribution in [0.25, 0.3) is 0 Å². The molecule has 1 aliphatic heterocycles. The first-order valence-electron chi connectivity index (χ1n) is 10.1. The molecule has 2 atom stereocenters. The molecule has 3 rings (SSSR count). The minimum absolute atomic E-state index is 0.0767. The summed E-state index contributed by atoms with van der Waals surface area (Å²) in [7, 11) is 0. The van der Waals surface area contributed by atoms with Crippen molar-refractivity contribution in [1.82, 2.24) is 15.3 Å². The van der Waals surface area contributed by atoms with Crippen LogP contribution in [0.5, 0.6) is 0 Å². The Labute approximate surface area is 187 Å². The van der Waals surface area contributed by atoms with Gasteiger partial charge < -0.3 is 26.6 Å². The average Bonchev–Trinajstić information content (AvgIpc) is 3.10. The van der Waals surface area contributed by atoms with Gasteiger partial charge in [-0.15, -0.1) is 11.3 Å². The molecule has 0 bridgehead atoms. The predicted molar refractivity (Wildman–Crippen MR) is 118 cm³/mol. The summed E-state index contributed by atoms with van der Waals surface area (Å²) in [5, 5.41) is 23.5. The van der Waals surface area contributed by atoms with Gasteiger partial charge in [-0.3, -0.25) is 19.4 Å². The Bertz CT molecular complexity index is 1090. The standard InChI is InChI=1S/C20H25N5O6S/c1-9-6-14(18(29)23-12(19(30)31)3-5-15(26)27)32-13(9)4-2-10-7-11-16(22-8-10)24-20(21)25-17(11)28/h6,10,12H,2-5,7-8H2,1H3,(H,23,29)(H,26,27)(H,30,31)(H4,21,22,24,25,28)/t10?,12-/m0/s1. The highest BCUT2D eigenvalue weighted by Gasteiger charge is 2.25. The van der Waals surface area contributed by atoms with Gasteiger partial charge in [-0.25, -0.2) is 4.79 Å². The number of nitrogens with zero attached hydrogens (tertiary/aromatic N) is 1. The van der Waals surface area contributed by atoms with Crippen LogP contribution < -0.4 is 21.9 Å². The third-order valence-corrected chi connectivity index (χ3v) is 6.65. The van der Waals surface area contributed by atoms with Crippen molar-refractivity contribution in [3.8, 4) is 0 Å². The molecule has 0 saturated carbocycles. The number of hydrogen-bond donors (Lipinski definition) is 6. The Morgan fingerprint density at radius 1 is 1.38 bits per heavy atom. The molecule has 2 aromatic heterocycles. The van der Waals surface area contributed by atoms with Crippen LogP contribution in [-0.4, -0.2) is 50.6 Å². The lowest BCUT2D eigenvalue weighted by molar-refractivity contribution is -0.140. The van der Waals surface area contributed by atoms with Gasteiger partial charge in [0.05, 0.1) is 10.4 Å². The van der Waals surface area contributed by atoms with E-state index < -0.39 is 23.9 Å². The van der Waals surface area contributed by atoms with Gasteiger partial charge in [-0.1, -0.05) is 0 Å². The van der Waals surface area contributed by atoms with Crippen LogP contribution in [0, 0.1) is 12.8 Å². The molecule has 0 spiro atoms. The van der Waals surface area contributed by atoms with Gasteiger partial charge in [0.15, 0.2) is 0 Å². The van der Waals surface area contributed by atoms with E-state index in [1.807, 2.05) is 6.92 Å². The number of thiophene rings is 1. The Balaban J connectivity index is 1.60. The largest absolute Gasteiger partial charge is 0.481 e. The van der Waals surface area contributed by atoms with E-state index in [0.29, 0.717) is 35.6 Å². The first-order chi connectivity index (χ1) is 15.1. The number of amides is 1. The van der Waals surface area contributed by atoms with Crippen molar-refractivity contribution >= 4 is 40.9 Å². The summed E-state index contributed by atoms with van der Waals surface area (Å²) in [6, 6.07) is 0.440. The lowest BCUT2D eigenvalue weighted by Crippen LogP contribution is -2.40. The summed E-state index contributed by atoms with van der Waals surface area (Å²) in [5.41, 5.74) is 6.84. The van der Waals surface area contributed by atoms with Crippen LogP contribution >= 0.6 is 11.3 Å².